The summed E-state index contributed by atoms with van der Waals surface area (Å²) in [6.07, 6.45) is 4.83. The lowest BCUT2D eigenvalue weighted by Crippen LogP contribution is -2.50. The van der Waals surface area contributed by atoms with Crippen molar-refractivity contribution in [2.45, 2.75) is 70.1 Å². The summed E-state index contributed by atoms with van der Waals surface area (Å²) in [6.45, 7) is 12.4. The molecule has 1 aliphatic heterocycles. The maximum absolute atomic E-state index is 12.4. The van der Waals surface area contributed by atoms with Gasteiger partial charge in [0.2, 0.25) is 0 Å². The molecule has 1 aliphatic rings. The van der Waals surface area contributed by atoms with Crippen molar-refractivity contribution in [2.75, 3.05) is 13.1 Å². The Morgan fingerprint density at radius 3 is 2.32 bits per heavy atom. The van der Waals surface area contributed by atoms with E-state index in [0.29, 0.717) is 0 Å². The number of hydrogen-bond donors (Lipinski definition) is 1. The average molecular weight is 328 g/mol. The Balaban J connectivity index is 1.98. The number of rotatable bonds is 4. The number of imidazole rings is 1. The first-order valence-corrected chi connectivity index (χ1v) is 9.39. The van der Waals surface area contributed by atoms with Gasteiger partial charge in [-0.15, -0.1) is 0 Å². The van der Waals surface area contributed by atoms with Gasteiger partial charge >= 0.3 is 0 Å². The predicted octanol–water partition coefficient (Wildman–Crippen LogP) is 2.01. The first kappa shape index (κ1) is 17.4. The van der Waals surface area contributed by atoms with Gasteiger partial charge in [0.1, 0.15) is 0 Å². The predicted molar refractivity (Wildman–Crippen MR) is 87.3 cm³/mol. The molecule has 0 radical (unpaired) electrons. The molecule has 0 unspecified atom stereocenters. The molecule has 0 atom stereocenters. The molecule has 0 amide bonds. The van der Waals surface area contributed by atoms with Crippen molar-refractivity contribution >= 4 is 10.0 Å². The number of sulfonamides is 1. The highest BCUT2D eigenvalue weighted by atomic mass is 32.2. The Hall–Kier alpha value is -0.920. The summed E-state index contributed by atoms with van der Waals surface area (Å²) >= 11 is 0. The van der Waals surface area contributed by atoms with E-state index < -0.39 is 10.0 Å². The van der Waals surface area contributed by atoms with Crippen molar-refractivity contribution < 1.29 is 8.42 Å². The van der Waals surface area contributed by atoms with Gasteiger partial charge in [0.05, 0.1) is 6.33 Å². The Morgan fingerprint density at radius 1 is 1.27 bits per heavy atom. The molecule has 0 aromatic carbocycles. The molecule has 7 heteroatoms. The first-order valence-electron chi connectivity index (χ1n) is 7.90. The monoisotopic (exact) mass is 328 g/mol. The third kappa shape index (κ3) is 4.08. The SMILES string of the molecule is CC(C)n1cnc(S(=O)(=O)NC2CCN(C(C)(C)C)CC2)c1. The second kappa shape index (κ2) is 6.29. The van der Waals surface area contributed by atoms with E-state index in [4.69, 9.17) is 0 Å². The maximum Gasteiger partial charge on any atom is 0.259 e. The Morgan fingerprint density at radius 2 is 1.86 bits per heavy atom. The zero-order valence-corrected chi connectivity index (χ0v) is 15.0. The third-order valence-corrected chi connectivity index (χ3v) is 5.62. The van der Waals surface area contributed by atoms with Crippen LogP contribution in [0.3, 0.4) is 0 Å². The molecule has 0 aliphatic carbocycles. The van der Waals surface area contributed by atoms with Gasteiger partial charge in [-0.2, -0.15) is 0 Å². The summed E-state index contributed by atoms with van der Waals surface area (Å²) in [4.78, 5) is 6.43. The van der Waals surface area contributed by atoms with E-state index in [0.717, 1.165) is 25.9 Å². The van der Waals surface area contributed by atoms with Gasteiger partial charge in [-0.05, 0) is 47.5 Å². The minimum Gasteiger partial charge on any atom is -0.334 e. The summed E-state index contributed by atoms with van der Waals surface area (Å²) in [7, 11) is -3.53. The van der Waals surface area contributed by atoms with Crippen LogP contribution in [0.1, 0.15) is 53.5 Å². The van der Waals surface area contributed by atoms with E-state index in [1.54, 1.807) is 17.1 Å². The van der Waals surface area contributed by atoms with E-state index in [1.165, 1.54) is 0 Å². The summed E-state index contributed by atoms with van der Waals surface area (Å²) in [5.41, 5.74) is 0.139. The highest BCUT2D eigenvalue weighted by Gasteiger charge is 2.30. The highest BCUT2D eigenvalue weighted by Crippen LogP contribution is 2.21. The fourth-order valence-electron chi connectivity index (χ4n) is 2.69. The van der Waals surface area contributed by atoms with Crippen LogP contribution in [0.15, 0.2) is 17.6 Å². The van der Waals surface area contributed by atoms with Crippen LogP contribution in [-0.2, 0) is 10.0 Å². The summed E-state index contributed by atoms with van der Waals surface area (Å²) < 4.78 is 29.4. The van der Waals surface area contributed by atoms with Gasteiger partial charge in [0.25, 0.3) is 10.0 Å². The maximum atomic E-state index is 12.4. The van der Waals surface area contributed by atoms with Gasteiger partial charge in [0.15, 0.2) is 5.03 Å². The van der Waals surface area contributed by atoms with Crippen LogP contribution in [0.2, 0.25) is 0 Å². The molecule has 6 nitrogen and oxygen atoms in total. The average Bonchev–Trinajstić information content (AvgIpc) is 2.88. The van der Waals surface area contributed by atoms with Crippen molar-refractivity contribution in [3.63, 3.8) is 0 Å². The van der Waals surface area contributed by atoms with Crippen molar-refractivity contribution in [3.8, 4) is 0 Å². The Kier molecular flexibility index (Phi) is 4.99. The van der Waals surface area contributed by atoms with E-state index in [2.05, 4.69) is 35.4 Å². The van der Waals surface area contributed by atoms with Crippen LogP contribution in [0.5, 0.6) is 0 Å². The molecule has 2 rings (SSSR count). The molecule has 1 N–H and O–H groups in total. The third-order valence-electron chi connectivity index (χ3n) is 4.21. The summed E-state index contributed by atoms with van der Waals surface area (Å²) in [6, 6.07) is 0.194. The zero-order valence-electron chi connectivity index (χ0n) is 14.2. The van der Waals surface area contributed by atoms with Crippen LogP contribution >= 0.6 is 0 Å². The second-order valence-corrected chi connectivity index (χ2v) is 8.97. The zero-order chi connectivity index (χ0) is 16.5. The van der Waals surface area contributed by atoms with Gasteiger partial charge in [-0.1, -0.05) is 0 Å². The van der Waals surface area contributed by atoms with Crippen molar-refractivity contribution in [1.82, 2.24) is 19.2 Å². The molecule has 1 fully saturated rings. The number of nitrogens with zero attached hydrogens (tertiary/aromatic N) is 3. The van der Waals surface area contributed by atoms with Crippen molar-refractivity contribution in [2.24, 2.45) is 0 Å². The van der Waals surface area contributed by atoms with Crippen LogP contribution < -0.4 is 4.72 Å². The van der Waals surface area contributed by atoms with Crippen molar-refractivity contribution in [1.29, 1.82) is 0 Å². The quantitative estimate of drug-likeness (QED) is 0.918. The lowest BCUT2D eigenvalue weighted by molar-refractivity contribution is 0.100. The minimum absolute atomic E-state index is 0.00667. The molecular weight excluding hydrogens is 300 g/mol. The normalized spacial score (nSPS) is 19.0. The molecule has 126 valence electrons. The number of likely N-dealkylation sites (tertiary alicyclic amines) is 1. The lowest BCUT2D eigenvalue weighted by Gasteiger charge is -2.40. The fraction of sp³-hybridized carbons (Fsp3) is 0.800. The van der Waals surface area contributed by atoms with E-state index in [1.807, 2.05) is 13.8 Å². The molecule has 22 heavy (non-hydrogen) atoms. The first-order chi connectivity index (χ1) is 10.1. The highest BCUT2D eigenvalue weighted by molar-refractivity contribution is 7.89. The summed E-state index contributed by atoms with van der Waals surface area (Å²) in [5, 5.41) is 0.111. The Bertz CT molecular complexity index is 593. The van der Waals surface area contributed by atoms with E-state index in [-0.39, 0.29) is 22.6 Å². The molecule has 0 spiro atoms. The fourth-order valence-corrected chi connectivity index (χ4v) is 3.93. The standard InChI is InChI=1S/C15H28N4O2S/c1-12(2)18-10-14(16-11-18)22(20,21)17-13-6-8-19(9-7-13)15(3,4)5/h10-13,17H,6-9H2,1-5H3. The van der Waals surface area contributed by atoms with Crippen LogP contribution in [0, 0.1) is 0 Å². The molecule has 0 bridgehead atoms. The number of aromatic nitrogens is 2. The van der Waals surface area contributed by atoms with Crippen LogP contribution in [0.25, 0.3) is 0 Å². The Labute approximate surface area is 134 Å². The van der Waals surface area contributed by atoms with E-state index >= 15 is 0 Å². The smallest absolute Gasteiger partial charge is 0.259 e. The van der Waals surface area contributed by atoms with E-state index in [9.17, 15) is 8.42 Å². The minimum atomic E-state index is -3.53. The lowest BCUT2D eigenvalue weighted by atomic mass is 9.99. The molecule has 0 saturated carbocycles. The molecule has 2 heterocycles. The topological polar surface area (TPSA) is 67.2 Å². The van der Waals surface area contributed by atoms with Gasteiger partial charge in [0, 0.05) is 36.9 Å². The van der Waals surface area contributed by atoms with Gasteiger partial charge < -0.3 is 4.57 Å². The van der Waals surface area contributed by atoms with Crippen molar-refractivity contribution in [3.05, 3.63) is 12.5 Å². The largest absolute Gasteiger partial charge is 0.334 e. The number of hydrogen-bond acceptors (Lipinski definition) is 4. The number of nitrogens with one attached hydrogen (secondary N) is 1. The van der Waals surface area contributed by atoms with Crippen LogP contribution in [0.4, 0.5) is 0 Å². The van der Waals surface area contributed by atoms with Gasteiger partial charge in [-0.25, -0.2) is 18.1 Å². The molecule has 1 saturated heterocycles. The molecule has 1 aromatic heterocycles. The number of piperidine rings is 1. The van der Waals surface area contributed by atoms with Crippen LogP contribution in [-0.4, -0.2) is 47.5 Å². The molecule has 1 aromatic rings. The second-order valence-electron chi connectivity index (χ2n) is 7.31. The van der Waals surface area contributed by atoms with Gasteiger partial charge in [-0.3, -0.25) is 4.90 Å². The summed E-state index contributed by atoms with van der Waals surface area (Å²) in [5.74, 6) is 0. The molecular formula is C15H28N4O2S.